The van der Waals surface area contributed by atoms with Crippen molar-refractivity contribution in [3.8, 4) is 0 Å². The van der Waals surface area contributed by atoms with Crippen LogP contribution in [0.2, 0.25) is 5.02 Å². The van der Waals surface area contributed by atoms with Gasteiger partial charge >= 0.3 is 0 Å². The van der Waals surface area contributed by atoms with Crippen molar-refractivity contribution in [1.29, 1.82) is 0 Å². The number of rotatable bonds is 5. The van der Waals surface area contributed by atoms with Gasteiger partial charge in [0.2, 0.25) is 10.0 Å². The van der Waals surface area contributed by atoms with Crippen LogP contribution in [0.3, 0.4) is 0 Å². The maximum atomic E-state index is 12.7. The molecule has 0 radical (unpaired) electrons. The third-order valence-corrected chi connectivity index (χ3v) is 7.38. The van der Waals surface area contributed by atoms with E-state index in [0.29, 0.717) is 5.56 Å². The molecule has 0 aliphatic heterocycles. The highest BCUT2D eigenvalue weighted by molar-refractivity contribution is 7.89. The van der Waals surface area contributed by atoms with Crippen LogP contribution >= 0.6 is 11.6 Å². The van der Waals surface area contributed by atoms with E-state index in [1.807, 2.05) is 35.9 Å². The maximum Gasteiger partial charge on any atom is 0.271 e. The molecule has 1 heterocycles. The summed E-state index contributed by atoms with van der Waals surface area (Å²) in [5, 5.41) is 0.794. The first kappa shape index (κ1) is 22.8. The summed E-state index contributed by atoms with van der Waals surface area (Å²) in [7, 11) is -0.528. The monoisotopic (exact) mass is 462 g/mol. The van der Waals surface area contributed by atoms with E-state index in [2.05, 4.69) is 10.9 Å². The highest BCUT2D eigenvalue weighted by Gasteiger charge is 2.25. The van der Waals surface area contributed by atoms with Gasteiger partial charge in [-0.15, -0.1) is 0 Å². The summed E-state index contributed by atoms with van der Waals surface area (Å²) in [6, 6.07) is 11.0. The fourth-order valence-electron chi connectivity index (χ4n) is 3.05. The lowest BCUT2D eigenvalue weighted by Gasteiger charge is -2.21. The summed E-state index contributed by atoms with van der Waals surface area (Å²) in [6.45, 7) is 3.48. The zero-order chi connectivity index (χ0) is 22.9. The largest absolute Gasteiger partial charge is 0.350 e. The highest BCUT2D eigenvalue weighted by atomic mass is 35.5. The number of aryl methyl sites for hydroxylation is 1. The average molecular weight is 463 g/mol. The molecule has 0 saturated heterocycles. The molecule has 8 nitrogen and oxygen atoms in total. The van der Waals surface area contributed by atoms with E-state index in [1.54, 1.807) is 20.0 Å². The van der Waals surface area contributed by atoms with Gasteiger partial charge in [-0.2, -0.15) is 4.31 Å². The molecule has 0 spiro atoms. The molecule has 1 aromatic heterocycles. The number of sulfonamides is 1. The van der Waals surface area contributed by atoms with Gasteiger partial charge in [0.05, 0.1) is 21.0 Å². The molecule has 3 aromatic rings. The normalized spacial score (nSPS) is 11.8. The van der Waals surface area contributed by atoms with Crippen molar-refractivity contribution in [2.24, 2.45) is 7.05 Å². The number of halogens is 1. The minimum Gasteiger partial charge on any atom is -0.350 e. The lowest BCUT2D eigenvalue weighted by atomic mass is 10.2. The Bertz CT molecular complexity index is 1270. The molecule has 0 aliphatic rings. The van der Waals surface area contributed by atoms with Crippen molar-refractivity contribution in [2.45, 2.75) is 24.8 Å². The molecule has 0 unspecified atom stereocenters. The van der Waals surface area contributed by atoms with Crippen molar-refractivity contribution in [3.05, 3.63) is 64.8 Å². The van der Waals surface area contributed by atoms with E-state index < -0.39 is 21.8 Å². The summed E-state index contributed by atoms with van der Waals surface area (Å²) in [5.41, 5.74) is 5.85. The Kier molecular flexibility index (Phi) is 6.40. The number of aromatic nitrogens is 1. The number of carbonyl (C=O) groups excluding carboxylic acids is 2. The average Bonchev–Trinajstić information content (AvgIpc) is 3.08. The van der Waals surface area contributed by atoms with Crippen LogP contribution < -0.4 is 10.9 Å². The van der Waals surface area contributed by atoms with Crippen LogP contribution in [0.4, 0.5) is 0 Å². The summed E-state index contributed by atoms with van der Waals surface area (Å²) >= 11 is 6.11. The van der Waals surface area contributed by atoms with Gasteiger partial charge in [0.25, 0.3) is 11.8 Å². The number of amides is 2. The molecule has 3 rings (SSSR count). The van der Waals surface area contributed by atoms with Crippen LogP contribution in [-0.4, -0.2) is 42.2 Å². The molecule has 0 bridgehead atoms. The molecule has 0 fully saturated rings. The minimum atomic E-state index is -3.80. The first-order chi connectivity index (χ1) is 14.5. The van der Waals surface area contributed by atoms with Crippen LogP contribution in [0, 0.1) is 0 Å². The van der Waals surface area contributed by atoms with Crippen LogP contribution in [0.15, 0.2) is 53.6 Å². The zero-order valence-corrected chi connectivity index (χ0v) is 19.1. The lowest BCUT2D eigenvalue weighted by molar-refractivity contribution is 0.0847. The Morgan fingerprint density at radius 2 is 1.65 bits per heavy atom. The van der Waals surface area contributed by atoms with E-state index in [4.69, 9.17) is 11.6 Å². The van der Waals surface area contributed by atoms with Gasteiger partial charge in [0, 0.05) is 37.2 Å². The quantitative estimate of drug-likeness (QED) is 0.569. The summed E-state index contributed by atoms with van der Waals surface area (Å²) in [4.78, 5) is 25.2. The third-order valence-electron chi connectivity index (χ3n) is 5.02. The minimum absolute atomic E-state index is 0.0584. The second-order valence-corrected chi connectivity index (χ2v) is 9.74. The van der Waals surface area contributed by atoms with Gasteiger partial charge in [-0.3, -0.25) is 20.4 Å². The topological polar surface area (TPSA) is 101 Å². The van der Waals surface area contributed by atoms with Gasteiger partial charge in [0.15, 0.2) is 0 Å². The molecule has 2 N–H and O–H groups in total. The number of benzene rings is 2. The summed E-state index contributed by atoms with van der Waals surface area (Å²) in [6.07, 6.45) is 1.66. The number of carbonyl (C=O) groups is 2. The van der Waals surface area contributed by atoms with Crippen LogP contribution in [-0.2, 0) is 17.1 Å². The van der Waals surface area contributed by atoms with Gasteiger partial charge in [-0.25, -0.2) is 8.42 Å². The standard InChI is InChI=1S/C21H23ClN4O4S/c1-13(2)26(4)31(29,30)14-9-10-18(22)16(11-14)20(27)23-24-21(28)17-12-25(3)19-8-6-5-7-15(17)19/h5-13H,1-4H3,(H,23,27)(H,24,28). The second-order valence-electron chi connectivity index (χ2n) is 7.34. The van der Waals surface area contributed by atoms with Gasteiger partial charge in [0.1, 0.15) is 0 Å². The molecular formula is C21H23ClN4O4S. The molecule has 0 atom stereocenters. The fourth-order valence-corrected chi connectivity index (χ4v) is 4.65. The number of nitrogens with zero attached hydrogens (tertiary/aromatic N) is 2. The number of hydrogen-bond acceptors (Lipinski definition) is 4. The highest BCUT2D eigenvalue weighted by Crippen LogP contribution is 2.24. The van der Waals surface area contributed by atoms with Gasteiger partial charge in [-0.1, -0.05) is 29.8 Å². The number of fused-ring (bicyclic) bond motifs is 1. The van der Waals surface area contributed by atoms with Crippen LogP contribution in [0.25, 0.3) is 10.9 Å². The van der Waals surface area contributed by atoms with E-state index in [-0.39, 0.29) is 21.5 Å². The maximum absolute atomic E-state index is 12.7. The Balaban J connectivity index is 1.81. The van der Waals surface area contributed by atoms with E-state index >= 15 is 0 Å². The summed E-state index contributed by atoms with van der Waals surface area (Å²) < 4.78 is 28.4. The first-order valence-corrected chi connectivity index (χ1v) is 11.3. The number of nitrogens with one attached hydrogen (secondary N) is 2. The van der Waals surface area contributed by atoms with E-state index in [1.165, 1.54) is 29.6 Å². The number of hydrogen-bond donors (Lipinski definition) is 2. The number of hydrazine groups is 1. The third kappa shape index (κ3) is 4.43. The summed E-state index contributed by atoms with van der Waals surface area (Å²) in [5.74, 6) is -1.24. The Labute approximate surface area is 185 Å². The molecule has 10 heteroatoms. The van der Waals surface area contributed by atoms with Crippen molar-refractivity contribution >= 4 is 44.3 Å². The Morgan fingerprint density at radius 1 is 1.03 bits per heavy atom. The molecule has 0 aliphatic carbocycles. The predicted octanol–water partition coefficient (Wildman–Crippen LogP) is 2.94. The Hall–Kier alpha value is -2.88. The molecular weight excluding hydrogens is 440 g/mol. The second kappa shape index (κ2) is 8.70. The lowest BCUT2D eigenvalue weighted by Crippen LogP contribution is -2.41. The van der Waals surface area contributed by atoms with Crippen molar-refractivity contribution in [2.75, 3.05) is 7.05 Å². The SMILES string of the molecule is CC(C)N(C)S(=O)(=O)c1ccc(Cl)c(C(=O)NNC(=O)c2cn(C)c3ccccc23)c1. The molecule has 164 valence electrons. The van der Waals surface area contributed by atoms with Gasteiger partial charge < -0.3 is 4.57 Å². The Morgan fingerprint density at radius 3 is 2.29 bits per heavy atom. The van der Waals surface area contributed by atoms with Crippen LogP contribution in [0.5, 0.6) is 0 Å². The fraction of sp³-hybridized carbons (Fsp3) is 0.238. The van der Waals surface area contributed by atoms with Crippen molar-refractivity contribution < 1.29 is 18.0 Å². The smallest absolute Gasteiger partial charge is 0.271 e. The van der Waals surface area contributed by atoms with Gasteiger partial charge in [-0.05, 0) is 38.1 Å². The number of para-hydroxylation sites is 1. The zero-order valence-electron chi connectivity index (χ0n) is 17.5. The van der Waals surface area contributed by atoms with Crippen molar-refractivity contribution in [3.63, 3.8) is 0 Å². The first-order valence-electron chi connectivity index (χ1n) is 9.46. The predicted molar refractivity (Wildman–Crippen MR) is 119 cm³/mol. The molecule has 2 aromatic carbocycles. The molecule has 0 saturated carbocycles. The van der Waals surface area contributed by atoms with E-state index in [9.17, 15) is 18.0 Å². The van der Waals surface area contributed by atoms with Crippen LogP contribution in [0.1, 0.15) is 34.6 Å². The van der Waals surface area contributed by atoms with E-state index in [0.717, 1.165) is 10.9 Å². The van der Waals surface area contributed by atoms with Crippen molar-refractivity contribution in [1.82, 2.24) is 19.7 Å². The molecule has 31 heavy (non-hydrogen) atoms. The molecule has 2 amide bonds.